The van der Waals surface area contributed by atoms with Crippen LogP contribution in [0.3, 0.4) is 0 Å². The van der Waals surface area contributed by atoms with Crippen LogP contribution in [0.25, 0.3) is 10.9 Å². The Morgan fingerprint density at radius 2 is 1.91 bits per heavy atom. The molecule has 3 heterocycles. The molecule has 1 aliphatic heterocycles. The lowest BCUT2D eigenvalue weighted by molar-refractivity contribution is -0.360. The second-order valence-corrected chi connectivity index (χ2v) is 7.89. The molecule has 1 aromatic carbocycles. The van der Waals surface area contributed by atoms with Crippen LogP contribution in [-0.2, 0) is 6.18 Å². The zero-order chi connectivity index (χ0) is 23.6. The maximum absolute atomic E-state index is 13.7. The Kier molecular flexibility index (Phi) is 6.17. The molecule has 3 aromatic rings. The maximum Gasteiger partial charge on any atom is 0.496 e. The van der Waals surface area contributed by atoms with Gasteiger partial charge < -0.3 is 5.32 Å². The molecule has 1 saturated heterocycles. The van der Waals surface area contributed by atoms with Gasteiger partial charge in [0.05, 0.1) is 17.1 Å². The molecule has 1 N–H and O–H groups in total. The van der Waals surface area contributed by atoms with Gasteiger partial charge in [0.1, 0.15) is 0 Å². The summed E-state index contributed by atoms with van der Waals surface area (Å²) < 4.78 is 66.0. The van der Waals surface area contributed by atoms with Crippen molar-refractivity contribution in [3.63, 3.8) is 0 Å². The van der Waals surface area contributed by atoms with E-state index >= 15 is 0 Å². The van der Waals surface area contributed by atoms with Crippen LogP contribution in [0.4, 0.5) is 22.0 Å². The third kappa shape index (κ3) is 5.20. The molecular formula is C23H20F5N4O+. The predicted molar refractivity (Wildman–Crippen MR) is 108 cm³/mol. The smallest absolute Gasteiger partial charge is 0.350 e. The Labute approximate surface area is 186 Å². The van der Waals surface area contributed by atoms with Gasteiger partial charge in [-0.1, -0.05) is 12.1 Å². The van der Waals surface area contributed by atoms with Crippen LogP contribution in [0.5, 0.6) is 0 Å². The zero-order valence-corrected chi connectivity index (χ0v) is 17.4. The standard InChI is InChI=1S/C23H19F5N4O/c24-22(25)8-11-32(12-9-22)19(15-6-7-20(30-13-15)23(26,27)28)14-31-21(33)17-3-1-5-18-16(17)4-2-10-29-18/h1-7,10,19H,8-9,11-12,14H2/p+1. The first-order valence-corrected chi connectivity index (χ1v) is 10.3. The van der Waals surface area contributed by atoms with Crippen molar-refractivity contribution in [1.29, 1.82) is 0 Å². The lowest BCUT2D eigenvalue weighted by Gasteiger charge is -2.36. The number of nitrogens with zero attached hydrogens (tertiary/aromatic N) is 3. The summed E-state index contributed by atoms with van der Waals surface area (Å²) in [5.74, 6) is -3.19. The van der Waals surface area contributed by atoms with Crippen molar-refractivity contribution in [2.75, 3.05) is 19.6 Å². The van der Waals surface area contributed by atoms with Gasteiger partial charge in [-0.2, -0.15) is 13.2 Å². The van der Waals surface area contributed by atoms with Crippen molar-refractivity contribution in [3.05, 3.63) is 71.7 Å². The van der Waals surface area contributed by atoms with Crippen LogP contribution in [-0.4, -0.2) is 41.3 Å². The van der Waals surface area contributed by atoms with Crippen molar-refractivity contribution in [3.8, 4) is 0 Å². The number of nitrogens with one attached hydrogen (secondary N) is 1. The number of piperidine rings is 1. The van der Waals surface area contributed by atoms with E-state index in [0.717, 1.165) is 6.07 Å². The van der Waals surface area contributed by atoms with Crippen LogP contribution in [0.2, 0.25) is 0 Å². The van der Waals surface area contributed by atoms with E-state index in [1.54, 1.807) is 41.4 Å². The van der Waals surface area contributed by atoms with Gasteiger partial charge in [0.2, 0.25) is 0 Å². The van der Waals surface area contributed by atoms with Crippen molar-refractivity contribution in [1.82, 2.24) is 15.2 Å². The van der Waals surface area contributed by atoms with Crippen LogP contribution in [0, 0.1) is 6.20 Å². The highest BCUT2D eigenvalue weighted by Crippen LogP contribution is 2.32. The highest BCUT2D eigenvalue weighted by atomic mass is 19.4. The topological polar surface area (TPSA) is 59.3 Å². The second kappa shape index (κ2) is 8.90. The van der Waals surface area contributed by atoms with E-state index in [1.165, 1.54) is 6.07 Å². The average molecular weight is 463 g/mol. The van der Waals surface area contributed by atoms with Crippen molar-refractivity contribution in [2.45, 2.75) is 31.0 Å². The lowest BCUT2D eigenvalue weighted by atomic mass is 10.0. The first-order valence-electron chi connectivity index (χ1n) is 10.3. The minimum atomic E-state index is -4.62. The summed E-state index contributed by atoms with van der Waals surface area (Å²) in [6.45, 7) is 0.0474. The van der Waals surface area contributed by atoms with Gasteiger partial charge in [-0.3, -0.25) is 14.7 Å². The molecule has 1 unspecified atom stereocenters. The van der Waals surface area contributed by atoms with Gasteiger partial charge in [0.25, 0.3) is 11.8 Å². The minimum Gasteiger partial charge on any atom is -0.350 e. The molecule has 5 nitrogen and oxygen atoms in total. The summed E-state index contributed by atoms with van der Waals surface area (Å²) in [5.41, 5.74) is 0.217. The maximum atomic E-state index is 13.7. The van der Waals surface area contributed by atoms with E-state index in [0.29, 0.717) is 16.5 Å². The summed E-state index contributed by atoms with van der Waals surface area (Å²) in [6, 6.07) is 9.97. The van der Waals surface area contributed by atoms with Crippen LogP contribution in [0.15, 0.2) is 48.7 Å². The monoisotopic (exact) mass is 463 g/mol. The molecule has 10 heteroatoms. The summed E-state index contributed by atoms with van der Waals surface area (Å²) in [5, 5.41) is 3.43. The fourth-order valence-electron chi connectivity index (χ4n) is 3.90. The number of hydrogen-bond acceptors (Lipinski definition) is 3. The van der Waals surface area contributed by atoms with E-state index < -0.39 is 29.7 Å². The number of fused-ring (bicyclic) bond motifs is 1. The van der Waals surface area contributed by atoms with Gasteiger partial charge in [0, 0.05) is 55.7 Å². The number of likely N-dealkylation sites (tertiary alicyclic amines) is 1. The Hall–Kier alpha value is -3.32. The third-order valence-electron chi connectivity index (χ3n) is 5.69. The van der Waals surface area contributed by atoms with E-state index in [4.69, 9.17) is 0 Å². The van der Waals surface area contributed by atoms with Gasteiger partial charge in [-0.15, -0.1) is 0 Å². The molecule has 1 fully saturated rings. The number of alkyl halides is 5. The minimum absolute atomic E-state index is 0.00933. The van der Waals surface area contributed by atoms with Gasteiger partial charge in [0.15, 0.2) is 0 Å². The van der Waals surface area contributed by atoms with Crippen LogP contribution in [0.1, 0.15) is 40.5 Å². The first kappa shape index (κ1) is 22.9. The number of rotatable bonds is 5. The zero-order valence-electron chi connectivity index (χ0n) is 17.4. The Bertz CT molecular complexity index is 1120. The van der Waals surface area contributed by atoms with Gasteiger partial charge in [-0.25, -0.2) is 8.78 Å². The number of hydrogen-bond donors (Lipinski definition) is 1. The third-order valence-corrected chi connectivity index (χ3v) is 5.69. The fourth-order valence-corrected chi connectivity index (χ4v) is 3.90. The van der Waals surface area contributed by atoms with Crippen LogP contribution < -0.4 is 10.3 Å². The molecule has 172 valence electrons. The molecular weight excluding hydrogens is 443 g/mol. The Balaban J connectivity index is 1.56. The van der Waals surface area contributed by atoms with Crippen molar-refractivity contribution in [2.24, 2.45) is 0 Å². The molecule has 1 aliphatic rings. The Morgan fingerprint density at radius 3 is 2.58 bits per heavy atom. The average Bonchev–Trinajstić information content (AvgIpc) is 2.79. The number of amides is 1. The lowest BCUT2D eigenvalue weighted by Crippen LogP contribution is -2.45. The van der Waals surface area contributed by atoms with Gasteiger partial charge >= 0.3 is 18.1 Å². The second-order valence-electron chi connectivity index (χ2n) is 7.89. The van der Waals surface area contributed by atoms with E-state index in [-0.39, 0.29) is 38.0 Å². The molecule has 1 amide bonds. The number of benzene rings is 1. The summed E-state index contributed by atoms with van der Waals surface area (Å²) in [4.78, 5) is 22.2. The molecule has 0 bridgehead atoms. The highest BCUT2D eigenvalue weighted by Gasteiger charge is 2.42. The first-order chi connectivity index (χ1) is 15.6. The number of carbonyl (C=O) groups is 1. The van der Waals surface area contributed by atoms with Crippen molar-refractivity contribution >= 4 is 16.8 Å². The molecule has 33 heavy (non-hydrogen) atoms. The van der Waals surface area contributed by atoms with E-state index in [2.05, 4.69) is 21.5 Å². The molecule has 0 radical (unpaired) electrons. The Morgan fingerprint density at radius 1 is 1.15 bits per heavy atom. The molecule has 1 atom stereocenters. The fraction of sp³-hybridized carbons (Fsp3) is 0.348. The van der Waals surface area contributed by atoms with E-state index in [1.807, 2.05) is 0 Å². The SMILES string of the molecule is O=C(NCC(c1c#[n+]c(C(F)(F)F)cc1)N1CCC(F)(F)CC1)c1cccc2ncccc12. The largest absolute Gasteiger partial charge is 0.496 e. The number of pyridine rings is 1. The van der Waals surface area contributed by atoms with Crippen molar-refractivity contribution < 1.29 is 31.7 Å². The molecule has 0 spiro atoms. The highest BCUT2D eigenvalue weighted by molar-refractivity contribution is 6.06. The molecule has 0 aliphatic carbocycles. The molecule has 2 aromatic heterocycles. The summed E-state index contributed by atoms with van der Waals surface area (Å²) in [7, 11) is 0. The van der Waals surface area contributed by atoms with Gasteiger partial charge in [-0.05, 0) is 29.2 Å². The molecule has 4 rings (SSSR count). The normalized spacial score (nSPS) is 17.4. The van der Waals surface area contributed by atoms with E-state index in [9.17, 15) is 26.7 Å². The number of aromatic nitrogens is 2. The molecule has 0 saturated carbocycles. The number of halogens is 5. The quantitative estimate of drug-likeness (QED) is 0.584. The van der Waals surface area contributed by atoms with Crippen LogP contribution >= 0.6 is 0 Å². The number of carbonyl (C=O) groups excluding carboxylic acids is 1. The summed E-state index contributed by atoms with van der Waals surface area (Å²) >= 11 is 0. The predicted octanol–water partition coefficient (Wildman–Crippen LogP) is 3.86. The summed E-state index contributed by atoms with van der Waals surface area (Å²) in [6.07, 6.45) is -1.36.